The van der Waals surface area contributed by atoms with E-state index in [0.29, 0.717) is 15.3 Å². The first-order valence-corrected chi connectivity index (χ1v) is 12.0. The van der Waals surface area contributed by atoms with Gasteiger partial charge in [0, 0.05) is 17.3 Å². The fraction of sp³-hybridized carbons (Fsp3) is 0. The van der Waals surface area contributed by atoms with Crippen LogP contribution in [0.3, 0.4) is 0 Å². The van der Waals surface area contributed by atoms with Crippen LogP contribution in [0.5, 0.6) is 0 Å². The molecule has 0 spiro atoms. The number of fused-ring (bicyclic) bond motifs is 1. The van der Waals surface area contributed by atoms with Crippen molar-refractivity contribution in [3.8, 4) is 16.9 Å². The zero-order valence-electron chi connectivity index (χ0n) is 18.8. The molecule has 3 aromatic carbocycles. The highest BCUT2D eigenvalue weighted by Crippen LogP contribution is 2.24. The lowest BCUT2D eigenvalue weighted by Gasteiger charge is -2.00. The Hall–Kier alpha value is -4.69. The fourth-order valence-electron chi connectivity index (χ4n) is 3.83. The Balaban J connectivity index is 1.40. The zero-order chi connectivity index (χ0) is 24.5. The van der Waals surface area contributed by atoms with Gasteiger partial charge in [-0.15, -0.1) is 5.10 Å². The van der Waals surface area contributed by atoms with Crippen molar-refractivity contribution in [3.05, 3.63) is 129 Å². The first-order valence-electron chi connectivity index (χ1n) is 11.2. The van der Waals surface area contributed by atoms with Crippen LogP contribution in [0, 0.1) is 5.82 Å². The van der Waals surface area contributed by atoms with Crippen LogP contribution >= 0.6 is 11.3 Å². The van der Waals surface area contributed by atoms with Crippen molar-refractivity contribution in [3.63, 3.8) is 0 Å². The molecule has 0 aliphatic carbocycles. The molecule has 6 nitrogen and oxygen atoms in total. The van der Waals surface area contributed by atoms with E-state index in [1.165, 1.54) is 28.0 Å². The minimum atomic E-state index is -0.294. The molecule has 3 aromatic heterocycles. The molecule has 0 saturated carbocycles. The molecule has 3 heterocycles. The predicted octanol–water partition coefficient (Wildman–Crippen LogP) is 4.86. The highest BCUT2D eigenvalue weighted by Gasteiger charge is 2.13. The first kappa shape index (κ1) is 21.8. The molecular weight excluding hydrogens is 473 g/mol. The minimum Gasteiger partial charge on any atom is -0.266 e. The van der Waals surface area contributed by atoms with Crippen molar-refractivity contribution < 1.29 is 4.39 Å². The second-order valence-corrected chi connectivity index (χ2v) is 9.05. The average Bonchev–Trinajstić information content (AvgIpc) is 3.60. The van der Waals surface area contributed by atoms with E-state index in [1.807, 2.05) is 77.6 Å². The van der Waals surface area contributed by atoms with Gasteiger partial charge in [0.1, 0.15) is 5.82 Å². The Morgan fingerprint density at radius 3 is 2.28 bits per heavy atom. The number of hydrogen-bond donors (Lipinski definition) is 0. The Labute approximate surface area is 208 Å². The van der Waals surface area contributed by atoms with Gasteiger partial charge < -0.3 is 0 Å². The van der Waals surface area contributed by atoms with Crippen LogP contribution in [0.25, 0.3) is 40.1 Å². The molecule has 0 saturated heterocycles. The quantitative estimate of drug-likeness (QED) is 0.346. The molecule has 0 unspecified atom stereocenters. The third-order valence-corrected chi connectivity index (χ3v) is 6.55. The lowest BCUT2D eigenvalue weighted by Crippen LogP contribution is -2.23. The molecule has 174 valence electrons. The lowest BCUT2D eigenvalue weighted by molar-refractivity contribution is 0.628. The summed E-state index contributed by atoms with van der Waals surface area (Å²) in [5.74, 6) is 0.119. The number of benzene rings is 3. The molecule has 0 aliphatic rings. The van der Waals surface area contributed by atoms with Gasteiger partial charge in [0.15, 0.2) is 5.82 Å². The number of para-hydroxylation sites is 1. The number of rotatable bonds is 5. The van der Waals surface area contributed by atoms with E-state index in [2.05, 4.69) is 10.1 Å². The molecule has 8 heteroatoms. The molecule has 6 rings (SSSR count). The summed E-state index contributed by atoms with van der Waals surface area (Å²) < 4.78 is 16.7. The zero-order valence-corrected chi connectivity index (χ0v) is 19.6. The Kier molecular flexibility index (Phi) is 5.55. The highest BCUT2D eigenvalue weighted by atomic mass is 32.1. The minimum absolute atomic E-state index is 0.240. The first-order chi connectivity index (χ1) is 17.6. The van der Waals surface area contributed by atoms with Gasteiger partial charge in [-0.05, 0) is 42.0 Å². The van der Waals surface area contributed by atoms with Gasteiger partial charge in [0.2, 0.25) is 4.96 Å². The van der Waals surface area contributed by atoms with Crippen LogP contribution in [-0.2, 0) is 0 Å². The van der Waals surface area contributed by atoms with Gasteiger partial charge in [0.05, 0.1) is 15.9 Å². The third-order valence-electron chi connectivity index (χ3n) is 5.59. The summed E-state index contributed by atoms with van der Waals surface area (Å²) in [5.41, 5.74) is 4.06. The summed E-state index contributed by atoms with van der Waals surface area (Å²) in [5, 5.41) is 9.15. The monoisotopic (exact) mass is 491 g/mol. The summed E-state index contributed by atoms with van der Waals surface area (Å²) in [6, 6.07) is 25.8. The summed E-state index contributed by atoms with van der Waals surface area (Å²) in [6.07, 6.45) is 7.24. The number of aromatic nitrogens is 5. The molecule has 0 bridgehead atoms. The van der Waals surface area contributed by atoms with Crippen molar-refractivity contribution in [1.82, 2.24) is 24.4 Å². The van der Waals surface area contributed by atoms with Crippen LogP contribution in [0.2, 0.25) is 0 Å². The van der Waals surface area contributed by atoms with Crippen molar-refractivity contribution >= 4 is 34.5 Å². The topological polar surface area (TPSA) is 65.1 Å². The molecule has 0 atom stereocenters. The van der Waals surface area contributed by atoms with E-state index in [4.69, 9.17) is 5.10 Å². The van der Waals surface area contributed by atoms with E-state index < -0.39 is 0 Å². The van der Waals surface area contributed by atoms with Gasteiger partial charge in [0.25, 0.3) is 5.56 Å². The summed E-state index contributed by atoms with van der Waals surface area (Å²) >= 11 is 1.27. The molecule has 0 radical (unpaired) electrons. The van der Waals surface area contributed by atoms with E-state index in [9.17, 15) is 9.18 Å². The van der Waals surface area contributed by atoms with Crippen molar-refractivity contribution in [2.45, 2.75) is 0 Å². The Morgan fingerprint density at radius 2 is 1.56 bits per heavy atom. The van der Waals surface area contributed by atoms with Crippen LogP contribution in [0.15, 0.2) is 95.9 Å². The standard InChI is InChI=1S/C28H18FN5OS/c29-22-14-11-19(12-15-22)13-16-25-30-28-34(31-25)27(35)24(36-28)17-21-18-33(23-9-5-2-6-10-23)32-26(21)20-7-3-1-4-8-20/h1-18H. The Bertz CT molecular complexity index is 1800. The van der Waals surface area contributed by atoms with Gasteiger partial charge in [-0.25, -0.2) is 9.07 Å². The third kappa shape index (κ3) is 4.25. The Morgan fingerprint density at radius 1 is 0.833 bits per heavy atom. The SMILES string of the molecule is O=c1c(=Cc2cn(-c3ccccc3)nc2-c2ccccc2)sc2nc(C=Cc3ccc(F)cc3)nn12. The van der Waals surface area contributed by atoms with Crippen molar-refractivity contribution in [2.75, 3.05) is 0 Å². The van der Waals surface area contributed by atoms with Crippen LogP contribution in [0.1, 0.15) is 17.0 Å². The number of hydrogen-bond acceptors (Lipinski definition) is 5. The van der Waals surface area contributed by atoms with E-state index >= 15 is 0 Å². The van der Waals surface area contributed by atoms with E-state index in [1.54, 1.807) is 24.3 Å². The molecule has 0 fully saturated rings. The normalized spacial score (nSPS) is 12.2. The fourth-order valence-corrected chi connectivity index (χ4v) is 4.74. The number of halogens is 1. The second-order valence-electron chi connectivity index (χ2n) is 8.04. The van der Waals surface area contributed by atoms with Crippen molar-refractivity contribution in [1.29, 1.82) is 0 Å². The maximum absolute atomic E-state index is 13.1. The maximum Gasteiger partial charge on any atom is 0.291 e. The molecule has 0 aliphatic heterocycles. The van der Waals surface area contributed by atoms with Crippen molar-refractivity contribution in [2.24, 2.45) is 0 Å². The number of nitrogens with zero attached hydrogens (tertiary/aromatic N) is 5. The molecule has 6 aromatic rings. The van der Waals surface area contributed by atoms with Gasteiger partial charge in [-0.3, -0.25) is 4.79 Å². The van der Waals surface area contributed by atoms with E-state index in [0.717, 1.165) is 28.1 Å². The molecule has 36 heavy (non-hydrogen) atoms. The summed E-state index contributed by atoms with van der Waals surface area (Å²) in [4.78, 5) is 18.1. The van der Waals surface area contributed by atoms with Crippen LogP contribution < -0.4 is 10.1 Å². The second kappa shape index (κ2) is 9.16. The predicted molar refractivity (Wildman–Crippen MR) is 140 cm³/mol. The van der Waals surface area contributed by atoms with Crippen LogP contribution in [0.4, 0.5) is 4.39 Å². The average molecular weight is 492 g/mol. The number of thiazole rings is 1. The maximum atomic E-state index is 13.1. The van der Waals surface area contributed by atoms with Gasteiger partial charge in [-0.1, -0.05) is 78.1 Å². The summed E-state index contributed by atoms with van der Waals surface area (Å²) in [6.45, 7) is 0. The lowest BCUT2D eigenvalue weighted by atomic mass is 10.1. The van der Waals surface area contributed by atoms with E-state index in [-0.39, 0.29) is 11.4 Å². The summed E-state index contributed by atoms with van der Waals surface area (Å²) in [7, 11) is 0. The molecule has 0 amide bonds. The molecular formula is C28H18FN5OS. The highest BCUT2D eigenvalue weighted by molar-refractivity contribution is 7.15. The largest absolute Gasteiger partial charge is 0.291 e. The smallest absolute Gasteiger partial charge is 0.266 e. The van der Waals surface area contributed by atoms with Gasteiger partial charge >= 0.3 is 0 Å². The van der Waals surface area contributed by atoms with Gasteiger partial charge in [-0.2, -0.15) is 14.6 Å². The van der Waals surface area contributed by atoms with Crippen LogP contribution in [-0.4, -0.2) is 24.4 Å². The molecule has 0 N–H and O–H groups in total.